The molecule has 0 saturated carbocycles. The van der Waals surface area contributed by atoms with Gasteiger partial charge in [-0.15, -0.1) is 0 Å². The first-order valence-electron chi connectivity index (χ1n) is 9.22. The fourth-order valence-electron chi connectivity index (χ4n) is 3.02. The number of rotatable bonds is 3. The molecule has 4 heteroatoms. The third-order valence-corrected chi connectivity index (χ3v) is 4.62. The molecule has 0 aliphatic rings. The summed E-state index contributed by atoms with van der Waals surface area (Å²) in [4.78, 5) is 9.05. The molecular weight excluding hydrogens is 351 g/mol. The Morgan fingerprint density at radius 3 is 2.18 bits per heavy atom. The smallest absolute Gasteiger partial charge is 0.230 e. The molecule has 0 aliphatic carbocycles. The van der Waals surface area contributed by atoms with Gasteiger partial charge < -0.3 is 4.74 Å². The molecule has 3 nitrogen and oxygen atoms in total. The van der Waals surface area contributed by atoms with Gasteiger partial charge in [0.15, 0.2) is 5.82 Å². The van der Waals surface area contributed by atoms with Gasteiger partial charge in [-0.25, -0.2) is 9.37 Å². The number of para-hydroxylation sites is 1. The highest BCUT2D eigenvalue weighted by molar-refractivity contribution is 5.85. The highest BCUT2D eigenvalue weighted by Gasteiger charge is 2.15. The molecule has 0 fully saturated rings. The predicted molar refractivity (Wildman–Crippen MR) is 110 cm³/mol. The van der Waals surface area contributed by atoms with Crippen LogP contribution >= 0.6 is 0 Å². The Morgan fingerprint density at radius 1 is 0.786 bits per heavy atom. The van der Waals surface area contributed by atoms with E-state index >= 15 is 0 Å². The first-order valence-corrected chi connectivity index (χ1v) is 9.22. The van der Waals surface area contributed by atoms with Crippen LogP contribution in [0.1, 0.15) is 26.3 Å². The second-order valence-electron chi connectivity index (χ2n) is 7.73. The van der Waals surface area contributed by atoms with Gasteiger partial charge >= 0.3 is 0 Å². The minimum Gasteiger partial charge on any atom is -0.438 e. The molecule has 4 rings (SSSR count). The largest absolute Gasteiger partial charge is 0.438 e. The molecule has 140 valence electrons. The third kappa shape index (κ3) is 3.58. The number of aromatic nitrogens is 2. The van der Waals surface area contributed by atoms with Gasteiger partial charge in [-0.3, -0.25) is 0 Å². The summed E-state index contributed by atoms with van der Waals surface area (Å²) in [6, 6.07) is 22.0. The molecule has 0 aliphatic heterocycles. The van der Waals surface area contributed by atoms with E-state index in [-0.39, 0.29) is 11.2 Å². The van der Waals surface area contributed by atoms with E-state index in [4.69, 9.17) is 4.74 Å². The van der Waals surface area contributed by atoms with E-state index in [1.165, 1.54) is 11.6 Å². The molecule has 28 heavy (non-hydrogen) atoms. The molecule has 0 amide bonds. The van der Waals surface area contributed by atoms with Gasteiger partial charge in [0.25, 0.3) is 0 Å². The van der Waals surface area contributed by atoms with Crippen molar-refractivity contribution in [2.45, 2.75) is 26.2 Å². The standard InChI is InChI=1S/C24H21FN2O/c1-24(2,3)16-12-14-17(15-13-16)28-23-19-9-5-7-11-21(19)26-22(27-23)18-8-4-6-10-20(18)25/h4-15H,1-3H3. The number of hydrogen-bond donors (Lipinski definition) is 0. The molecule has 0 bridgehead atoms. The topological polar surface area (TPSA) is 35.0 Å². The van der Waals surface area contributed by atoms with Crippen LogP contribution in [0.4, 0.5) is 4.39 Å². The summed E-state index contributed by atoms with van der Waals surface area (Å²) in [5.74, 6) is 1.03. The van der Waals surface area contributed by atoms with Crippen molar-refractivity contribution in [1.29, 1.82) is 0 Å². The van der Waals surface area contributed by atoms with E-state index in [0.717, 1.165) is 5.39 Å². The Kier molecular flexibility index (Phi) is 4.55. The Balaban J connectivity index is 1.79. The van der Waals surface area contributed by atoms with E-state index in [1.54, 1.807) is 18.2 Å². The fourth-order valence-corrected chi connectivity index (χ4v) is 3.02. The van der Waals surface area contributed by atoms with Crippen molar-refractivity contribution in [2.24, 2.45) is 0 Å². The van der Waals surface area contributed by atoms with Gasteiger partial charge in [-0.1, -0.05) is 57.2 Å². The Hall–Kier alpha value is -3.27. The number of nitrogens with zero attached hydrogens (tertiary/aromatic N) is 2. The number of ether oxygens (including phenoxy) is 1. The van der Waals surface area contributed by atoms with Gasteiger partial charge in [0, 0.05) is 0 Å². The normalized spacial score (nSPS) is 11.6. The van der Waals surface area contributed by atoms with Crippen LogP contribution < -0.4 is 4.74 Å². The van der Waals surface area contributed by atoms with Crippen LogP contribution in [0.5, 0.6) is 11.6 Å². The van der Waals surface area contributed by atoms with Gasteiger partial charge in [0.2, 0.25) is 5.88 Å². The average Bonchev–Trinajstić information content (AvgIpc) is 2.68. The summed E-state index contributed by atoms with van der Waals surface area (Å²) in [6.07, 6.45) is 0. The molecule has 0 unspecified atom stereocenters. The van der Waals surface area contributed by atoms with Crippen molar-refractivity contribution >= 4 is 10.9 Å². The summed E-state index contributed by atoms with van der Waals surface area (Å²) < 4.78 is 20.4. The van der Waals surface area contributed by atoms with E-state index in [1.807, 2.05) is 36.4 Å². The molecule has 0 atom stereocenters. The van der Waals surface area contributed by atoms with E-state index < -0.39 is 0 Å². The van der Waals surface area contributed by atoms with Gasteiger partial charge in [0.05, 0.1) is 16.5 Å². The van der Waals surface area contributed by atoms with Crippen molar-refractivity contribution in [2.75, 3.05) is 0 Å². The third-order valence-electron chi connectivity index (χ3n) is 4.62. The fraction of sp³-hybridized carbons (Fsp3) is 0.167. The summed E-state index contributed by atoms with van der Waals surface area (Å²) in [7, 11) is 0. The maximum atomic E-state index is 14.3. The number of fused-ring (bicyclic) bond motifs is 1. The summed E-state index contributed by atoms with van der Waals surface area (Å²) in [5, 5.41) is 0.780. The van der Waals surface area contributed by atoms with Crippen molar-refractivity contribution in [3.63, 3.8) is 0 Å². The number of hydrogen-bond acceptors (Lipinski definition) is 3. The lowest BCUT2D eigenvalue weighted by atomic mass is 9.87. The Bertz CT molecular complexity index is 1130. The van der Waals surface area contributed by atoms with Gasteiger partial charge in [-0.2, -0.15) is 4.98 Å². The minimum atomic E-state index is -0.363. The SMILES string of the molecule is CC(C)(C)c1ccc(Oc2nc(-c3ccccc3F)nc3ccccc23)cc1. The molecule has 0 radical (unpaired) electrons. The first kappa shape index (κ1) is 18.1. The van der Waals surface area contributed by atoms with Crippen molar-refractivity contribution in [1.82, 2.24) is 9.97 Å². The van der Waals surface area contributed by atoms with E-state index in [2.05, 4.69) is 42.9 Å². The second kappa shape index (κ2) is 7.04. The van der Waals surface area contributed by atoms with Crippen molar-refractivity contribution in [3.05, 3.63) is 84.2 Å². The van der Waals surface area contributed by atoms with Crippen LogP contribution in [0.15, 0.2) is 72.8 Å². The Labute approximate surface area is 163 Å². The van der Waals surface area contributed by atoms with Crippen LogP contribution in [0.3, 0.4) is 0 Å². The average molecular weight is 372 g/mol. The van der Waals surface area contributed by atoms with Crippen molar-refractivity contribution in [3.8, 4) is 23.0 Å². The van der Waals surface area contributed by atoms with Gasteiger partial charge in [0.1, 0.15) is 11.6 Å². The van der Waals surface area contributed by atoms with Crippen molar-refractivity contribution < 1.29 is 9.13 Å². The summed E-state index contributed by atoms with van der Waals surface area (Å²) in [6.45, 7) is 6.50. The predicted octanol–water partition coefficient (Wildman–Crippen LogP) is 6.53. The summed E-state index contributed by atoms with van der Waals surface area (Å²) in [5.41, 5.74) is 2.34. The van der Waals surface area contributed by atoms with Gasteiger partial charge in [-0.05, 0) is 47.4 Å². The van der Waals surface area contributed by atoms with E-state index in [9.17, 15) is 4.39 Å². The minimum absolute atomic E-state index is 0.0676. The molecule has 0 N–H and O–H groups in total. The molecular formula is C24H21FN2O. The maximum Gasteiger partial charge on any atom is 0.230 e. The quantitative estimate of drug-likeness (QED) is 0.410. The summed E-state index contributed by atoms with van der Waals surface area (Å²) >= 11 is 0. The molecule has 1 aromatic heterocycles. The lowest BCUT2D eigenvalue weighted by Gasteiger charge is -2.19. The lowest BCUT2D eigenvalue weighted by molar-refractivity contribution is 0.468. The molecule has 0 spiro atoms. The zero-order valence-corrected chi connectivity index (χ0v) is 16.1. The van der Waals surface area contributed by atoms with E-state index in [0.29, 0.717) is 28.5 Å². The number of benzene rings is 3. The number of halogens is 1. The second-order valence-corrected chi connectivity index (χ2v) is 7.73. The highest BCUT2D eigenvalue weighted by Crippen LogP contribution is 2.32. The van der Waals surface area contributed by atoms with Crippen LogP contribution in [0.25, 0.3) is 22.3 Å². The van der Waals surface area contributed by atoms with Crippen LogP contribution in [-0.2, 0) is 5.41 Å². The molecule has 3 aromatic carbocycles. The first-order chi connectivity index (χ1) is 13.4. The zero-order valence-electron chi connectivity index (χ0n) is 16.1. The monoisotopic (exact) mass is 372 g/mol. The lowest BCUT2D eigenvalue weighted by Crippen LogP contribution is -2.10. The highest BCUT2D eigenvalue weighted by atomic mass is 19.1. The molecule has 1 heterocycles. The molecule has 4 aromatic rings. The molecule has 0 saturated heterocycles. The van der Waals surface area contributed by atoms with Crippen LogP contribution in [0.2, 0.25) is 0 Å². The zero-order chi connectivity index (χ0) is 19.7. The van der Waals surface area contributed by atoms with Crippen LogP contribution in [0, 0.1) is 5.82 Å². The van der Waals surface area contributed by atoms with Crippen LogP contribution in [-0.4, -0.2) is 9.97 Å². The maximum absolute atomic E-state index is 14.3. The Morgan fingerprint density at radius 2 is 1.46 bits per heavy atom.